The first-order chi connectivity index (χ1) is 10.6. The lowest BCUT2D eigenvalue weighted by molar-refractivity contribution is 0.153. The highest BCUT2D eigenvalue weighted by molar-refractivity contribution is 6.84. The molecule has 0 aromatic carbocycles. The van der Waals surface area contributed by atoms with Gasteiger partial charge in [-0.2, -0.15) is 0 Å². The first-order valence-electron chi connectivity index (χ1n) is 8.85. The van der Waals surface area contributed by atoms with Gasteiger partial charge in [0, 0.05) is 0 Å². The fraction of sp³-hybridized carbons (Fsp3) is 0.778. The zero-order valence-electron chi connectivity index (χ0n) is 16.5. The third-order valence-electron chi connectivity index (χ3n) is 3.61. The molecule has 0 radical (unpaired) electrons. The highest BCUT2D eigenvalue weighted by atomic mass is 28.4. The number of rotatable bonds is 12. The molecule has 5 heteroatoms. The summed E-state index contributed by atoms with van der Waals surface area (Å²) in [5.74, 6) is 0. The van der Waals surface area contributed by atoms with E-state index in [0.717, 1.165) is 24.9 Å². The fourth-order valence-corrected chi connectivity index (χ4v) is 11.6. The maximum absolute atomic E-state index is 6.67. The second-order valence-electron chi connectivity index (χ2n) is 7.57. The Morgan fingerprint density at radius 1 is 0.783 bits per heavy atom. The molecule has 0 fully saturated rings. The molecule has 0 amide bonds. The predicted octanol–water partition coefficient (Wildman–Crippen LogP) is 6.07. The minimum Gasteiger partial charge on any atom is -0.499 e. The van der Waals surface area contributed by atoms with Crippen LogP contribution in [0.3, 0.4) is 0 Å². The zero-order chi connectivity index (χ0) is 17.9. The van der Waals surface area contributed by atoms with Crippen LogP contribution in [0.1, 0.15) is 40.5 Å². The van der Waals surface area contributed by atoms with Crippen molar-refractivity contribution in [3.05, 3.63) is 24.7 Å². The molecule has 0 saturated carbocycles. The van der Waals surface area contributed by atoms with Gasteiger partial charge in [-0.15, -0.1) is 0 Å². The third-order valence-corrected chi connectivity index (χ3v) is 10.7. The summed E-state index contributed by atoms with van der Waals surface area (Å²) < 4.78 is 18.0. The Morgan fingerprint density at radius 3 is 1.48 bits per heavy atom. The summed E-state index contributed by atoms with van der Waals surface area (Å²) in [6.07, 6.45) is 10.1. The molecule has 0 aliphatic heterocycles. The van der Waals surface area contributed by atoms with Gasteiger partial charge in [0.25, 0.3) is 0 Å². The van der Waals surface area contributed by atoms with Crippen LogP contribution in [0.2, 0.25) is 38.3 Å². The Kier molecular flexibility index (Phi) is 10.8. The van der Waals surface area contributed by atoms with Crippen molar-refractivity contribution in [1.29, 1.82) is 0 Å². The predicted molar refractivity (Wildman–Crippen MR) is 106 cm³/mol. The number of ether oxygens (including phenoxy) is 2. The van der Waals surface area contributed by atoms with Crippen LogP contribution in [-0.4, -0.2) is 28.8 Å². The molecule has 23 heavy (non-hydrogen) atoms. The van der Waals surface area contributed by atoms with Crippen LogP contribution < -0.4 is 0 Å². The van der Waals surface area contributed by atoms with E-state index in [1.54, 1.807) is 12.5 Å². The number of allylic oxidation sites excluding steroid dienone is 2. The monoisotopic (exact) mass is 358 g/mol. The van der Waals surface area contributed by atoms with Gasteiger partial charge in [0.2, 0.25) is 0 Å². The third kappa shape index (κ3) is 12.5. The van der Waals surface area contributed by atoms with Crippen molar-refractivity contribution in [2.45, 2.75) is 91.0 Å². The van der Waals surface area contributed by atoms with E-state index in [2.05, 4.69) is 40.0 Å². The van der Waals surface area contributed by atoms with Crippen molar-refractivity contribution in [3.8, 4) is 0 Å². The Balaban J connectivity index is 4.62. The summed E-state index contributed by atoms with van der Waals surface area (Å²) in [6.45, 7) is 17.5. The highest BCUT2D eigenvalue weighted by Gasteiger charge is 2.34. The summed E-state index contributed by atoms with van der Waals surface area (Å²) in [7, 11) is -3.27. The molecular weight excluding hydrogens is 320 g/mol. The number of hydrogen-bond donors (Lipinski definition) is 0. The molecule has 0 aromatic heterocycles. The lowest BCUT2D eigenvalue weighted by Gasteiger charge is -2.36. The van der Waals surface area contributed by atoms with Gasteiger partial charge in [-0.05, 0) is 78.8 Å². The highest BCUT2D eigenvalue weighted by Crippen LogP contribution is 2.28. The second-order valence-corrected chi connectivity index (χ2v) is 16.5. The van der Waals surface area contributed by atoms with Crippen LogP contribution >= 0.6 is 0 Å². The van der Waals surface area contributed by atoms with Crippen LogP contribution in [0.5, 0.6) is 0 Å². The standard InChI is InChI=1S/C18H38O3Si2/c1-9-13-19-17(3)11-15-23(8,21-22(5,6)7)16-12-18(4)20-14-10-2/h9-10,13-14,17-18H,11-12,15-16H2,1-8H3. The molecule has 2 unspecified atom stereocenters. The Labute approximate surface area is 146 Å². The number of hydrogen-bond acceptors (Lipinski definition) is 3. The minimum absolute atomic E-state index is 0.250. The van der Waals surface area contributed by atoms with Gasteiger partial charge in [0.1, 0.15) is 0 Å². The molecule has 0 heterocycles. The van der Waals surface area contributed by atoms with Crippen LogP contribution in [0, 0.1) is 0 Å². The summed E-state index contributed by atoms with van der Waals surface area (Å²) in [6, 6.07) is 2.29. The van der Waals surface area contributed by atoms with Gasteiger partial charge in [-0.3, -0.25) is 0 Å². The van der Waals surface area contributed by atoms with Crippen molar-refractivity contribution in [2.24, 2.45) is 0 Å². The van der Waals surface area contributed by atoms with E-state index in [9.17, 15) is 0 Å². The summed E-state index contributed by atoms with van der Waals surface area (Å²) in [5.41, 5.74) is 0. The minimum atomic E-state index is -1.74. The van der Waals surface area contributed by atoms with E-state index in [4.69, 9.17) is 13.6 Å². The average molecular weight is 359 g/mol. The van der Waals surface area contributed by atoms with Crippen LogP contribution in [0.25, 0.3) is 0 Å². The quantitative estimate of drug-likeness (QED) is 0.313. The Hall–Kier alpha value is -0.526. The molecule has 0 aliphatic rings. The Bertz CT molecular complexity index is 338. The molecule has 0 aliphatic carbocycles. The van der Waals surface area contributed by atoms with Gasteiger partial charge in [-0.1, -0.05) is 12.2 Å². The van der Waals surface area contributed by atoms with E-state index in [0.29, 0.717) is 0 Å². The van der Waals surface area contributed by atoms with Gasteiger partial charge < -0.3 is 13.6 Å². The average Bonchev–Trinajstić information content (AvgIpc) is 2.45. The molecular formula is C18H38O3Si2. The SMILES string of the molecule is CC=COC(C)CC[Si](C)(CCC(C)OC=CC)O[Si](C)(C)C. The van der Waals surface area contributed by atoms with E-state index >= 15 is 0 Å². The van der Waals surface area contributed by atoms with Crippen molar-refractivity contribution in [3.63, 3.8) is 0 Å². The van der Waals surface area contributed by atoms with E-state index in [1.165, 1.54) is 0 Å². The Morgan fingerprint density at radius 2 is 1.17 bits per heavy atom. The topological polar surface area (TPSA) is 27.7 Å². The molecule has 0 bridgehead atoms. The maximum atomic E-state index is 6.67. The molecule has 0 N–H and O–H groups in total. The molecule has 3 nitrogen and oxygen atoms in total. The van der Waals surface area contributed by atoms with Gasteiger partial charge >= 0.3 is 0 Å². The maximum Gasteiger partial charge on any atom is 0.176 e. The first-order valence-corrected chi connectivity index (χ1v) is 15.1. The lowest BCUT2D eigenvalue weighted by atomic mass is 10.3. The molecule has 2 atom stereocenters. The normalized spacial score (nSPS) is 18.1. The molecule has 0 saturated heterocycles. The van der Waals surface area contributed by atoms with Gasteiger partial charge in [0.05, 0.1) is 24.7 Å². The van der Waals surface area contributed by atoms with Gasteiger partial charge in [0.15, 0.2) is 16.6 Å². The molecule has 136 valence electrons. The lowest BCUT2D eigenvalue weighted by Crippen LogP contribution is -2.45. The van der Waals surface area contributed by atoms with Crippen molar-refractivity contribution >= 4 is 16.6 Å². The van der Waals surface area contributed by atoms with Crippen LogP contribution in [-0.2, 0) is 13.6 Å². The summed E-state index contributed by atoms with van der Waals surface area (Å²) in [5, 5.41) is 0. The van der Waals surface area contributed by atoms with Crippen molar-refractivity contribution in [1.82, 2.24) is 0 Å². The fourth-order valence-electron chi connectivity index (χ4n) is 2.54. The molecule has 0 aromatic rings. The van der Waals surface area contributed by atoms with Gasteiger partial charge in [-0.25, -0.2) is 0 Å². The van der Waals surface area contributed by atoms with Crippen LogP contribution in [0.4, 0.5) is 0 Å². The second kappa shape index (κ2) is 11.1. The summed E-state index contributed by atoms with van der Waals surface area (Å²) in [4.78, 5) is 0. The molecule has 0 spiro atoms. The van der Waals surface area contributed by atoms with E-state index < -0.39 is 16.6 Å². The van der Waals surface area contributed by atoms with Crippen molar-refractivity contribution < 1.29 is 13.6 Å². The van der Waals surface area contributed by atoms with E-state index in [-0.39, 0.29) is 12.2 Å². The summed E-state index contributed by atoms with van der Waals surface area (Å²) >= 11 is 0. The first kappa shape index (κ1) is 22.5. The van der Waals surface area contributed by atoms with Crippen LogP contribution in [0.15, 0.2) is 24.7 Å². The van der Waals surface area contributed by atoms with Crippen molar-refractivity contribution in [2.75, 3.05) is 0 Å². The zero-order valence-corrected chi connectivity index (χ0v) is 18.5. The molecule has 0 rings (SSSR count). The smallest absolute Gasteiger partial charge is 0.176 e. The largest absolute Gasteiger partial charge is 0.499 e. The van der Waals surface area contributed by atoms with E-state index in [1.807, 2.05) is 26.0 Å².